The molecule has 0 atom stereocenters. The second-order valence-corrected chi connectivity index (χ2v) is 4.57. The van der Waals surface area contributed by atoms with Crippen molar-refractivity contribution in [1.29, 1.82) is 0 Å². The summed E-state index contributed by atoms with van der Waals surface area (Å²) >= 11 is 0. The molecule has 2 aliphatic heterocycles. The molecule has 6 nitrogen and oxygen atoms in total. The van der Waals surface area contributed by atoms with Crippen LogP contribution in [0.2, 0.25) is 0 Å². The van der Waals surface area contributed by atoms with E-state index in [0.29, 0.717) is 5.82 Å². The van der Waals surface area contributed by atoms with Gasteiger partial charge in [-0.15, -0.1) is 0 Å². The molecule has 1 aromatic heterocycles. The highest BCUT2D eigenvalue weighted by molar-refractivity contribution is 5.86. The molecule has 1 spiro atoms. The lowest BCUT2D eigenvalue weighted by molar-refractivity contribution is -0.0369. The molecule has 1 saturated heterocycles. The minimum Gasteiger partial charge on any atom is -0.436 e. The summed E-state index contributed by atoms with van der Waals surface area (Å²) in [5.74, 6) is 0.535. The largest absolute Gasteiger partial charge is 0.436 e. The average molecular weight is 234 g/mol. The minimum atomic E-state index is -0.585. The van der Waals surface area contributed by atoms with Gasteiger partial charge in [0.25, 0.3) is 0 Å². The van der Waals surface area contributed by atoms with E-state index in [2.05, 4.69) is 27.2 Å². The molecular weight excluding hydrogens is 220 g/mol. The van der Waals surface area contributed by atoms with Gasteiger partial charge in [-0.2, -0.15) is 0 Å². The van der Waals surface area contributed by atoms with Crippen LogP contribution in [-0.4, -0.2) is 41.1 Å². The summed E-state index contributed by atoms with van der Waals surface area (Å²) in [4.78, 5) is 22.3. The molecule has 0 unspecified atom stereocenters. The topological polar surface area (TPSA) is 67.3 Å². The zero-order valence-corrected chi connectivity index (χ0v) is 9.64. The van der Waals surface area contributed by atoms with E-state index >= 15 is 0 Å². The van der Waals surface area contributed by atoms with Crippen molar-refractivity contribution in [2.45, 2.75) is 18.4 Å². The van der Waals surface area contributed by atoms with E-state index in [0.717, 1.165) is 31.6 Å². The van der Waals surface area contributed by atoms with E-state index < -0.39 is 11.7 Å². The highest BCUT2D eigenvalue weighted by Crippen LogP contribution is 2.40. The number of carbonyl (C=O) groups is 1. The van der Waals surface area contributed by atoms with E-state index in [4.69, 9.17) is 4.74 Å². The number of piperidine rings is 1. The van der Waals surface area contributed by atoms with Gasteiger partial charge in [0, 0.05) is 38.3 Å². The number of rotatable bonds is 0. The molecule has 0 aliphatic carbocycles. The number of nitrogens with one attached hydrogen (secondary N) is 1. The van der Waals surface area contributed by atoms with Crippen LogP contribution in [0, 0.1) is 0 Å². The molecule has 3 heterocycles. The molecule has 3 rings (SSSR count). The van der Waals surface area contributed by atoms with Gasteiger partial charge in [-0.05, 0) is 7.05 Å². The van der Waals surface area contributed by atoms with Crippen LogP contribution in [0.4, 0.5) is 10.6 Å². The molecule has 2 aliphatic rings. The van der Waals surface area contributed by atoms with Crippen molar-refractivity contribution in [3.8, 4) is 0 Å². The van der Waals surface area contributed by atoms with Crippen molar-refractivity contribution >= 4 is 11.9 Å². The number of amides is 1. The standard InChI is InChI=1S/C11H14N4O2/c1-15-6-2-11(3-7-15)8-9(13-5-4-12-8)14-10(16)17-11/h4-5H,2-3,6-7H2,1H3,(H,13,14,16). The summed E-state index contributed by atoms with van der Waals surface area (Å²) in [5.41, 5.74) is 0.172. The van der Waals surface area contributed by atoms with E-state index in [9.17, 15) is 4.79 Å². The number of likely N-dealkylation sites (tertiary alicyclic amines) is 1. The summed E-state index contributed by atoms with van der Waals surface area (Å²) in [6.45, 7) is 1.78. The predicted molar refractivity (Wildman–Crippen MR) is 60.5 cm³/mol. The maximum absolute atomic E-state index is 11.6. The van der Waals surface area contributed by atoms with Crippen LogP contribution < -0.4 is 5.32 Å². The number of ether oxygens (including phenoxy) is 1. The fourth-order valence-corrected chi connectivity index (χ4v) is 2.43. The molecule has 90 valence electrons. The molecule has 0 radical (unpaired) electrons. The summed E-state index contributed by atoms with van der Waals surface area (Å²) < 4.78 is 5.51. The third kappa shape index (κ3) is 1.64. The Morgan fingerprint density at radius 3 is 2.82 bits per heavy atom. The number of carbonyl (C=O) groups excluding carboxylic acids is 1. The first kappa shape index (κ1) is 10.5. The fraction of sp³-hybridized carbons (Fsp3) is 0.545. The minimum absolute atomic E-state index is 0.428. The second kappa shape index (κ2) is 3.66. The number of fused-ring (bicyclic) bond motifs is 2. The molecule has 1 fully saturated rings. The van der Waals surface area contributed by atoms with Crippen molar-refractivity contribution in [1.82, 2.24) is 14.9 Å². The second-order valence-electron chi connectivity index (χ2n) is 4.57. The van der Waals surface area contributed by atoms with Gasteiger partial charge >= 0.3 is 6.09 Å². The smallest absolute Gasteiger partial charge is 0.413 e. The van der Waals surface area contributed by atoms with Crippen molar-refractivity contribution in [2.75, 3.05) is 25.5 Å². The number of aromatic nitrogens is 2. The molecule has 1 amide bonds. The van der Waals surface area contributed by atoms with Gasteiger partial charge in [-0.1, -0.05) is 0 Å². The molecule has 0 bridgehead atoms. The van der Waals surface area contributed by atoms with E-state index in [-0.39, 0.29) is 0 Å². The molecule has 17 heavy (non-hydrogen) atoms. The Kier molecular flexibility index (Phi) is 2.25. The Bertz CT molecular complexity index is 455. The van der Waals surface area contributed by atoms with Crippen molar-refractivity contribution < 1.29 is 9.53 Å². The van der Waals surface area contributed by atoms with Gasteiger partial charge in [-0.3, -0.25) is 10.3 Å². The Morgan fingerprint density at radius 1 is 1.35 bits per heavy atom. The third-order valence-corrected chi connectivity index (χ3v) is 3.43. The Labute approximate surface area is 99.0 Å². The maximum Gasteiger partial charge on any atom is 0.413 e. The lowest BCUT2D eigenvalue weighted by Gasteiger charge is -2.41. The third-order valence-electron chi connectivity index (χ3n) is 3.43. The van der Waals surface area contributed by atoms with Crippen LogP contribution in [0.3, 0.4) is 0 Å². The van der Waals surface area contributed by atoms with E-state index in [1.165, 1.54) is 0 Å². The molecular formula is C11H14N4O2. The Balaban J connectivity index is 2.02. The predicted octanol–water partition coefficient (Wildman–Crippen LogP) is 0.960. The number of hydrogen-bond acceptors (Lipinski definition) is 5. The first-order chi connectivity index (χ1) is 8.20. The van der Waals surface area contributed by atoms with Crippen molar-refractivity contribution in [2.24, 2.45) is 0 Å². The maximum atomic E-state index is 11.6. The molecule has 6 heteroatoms. The summed E-state index contributed by atoms with van der Waals surface area (Å²) in [6.07, 6.45) is 4.32. The summed E-state index contributed by atoms with van der Waals surface area (Å²) in [7, 11) is 2.06. The first-order valence-electron chi connectivity index (χ1n) is 5.70. The van der Waals surface area contributed by atoms with Crippen LogP contribution in [0.5, 0.6) is 0 Å². The van der Waals surface area contributed by atoms with E-state index in [1.807, 2.05) is 0 Å². The van der Waals surface area contributed by atoms with Gasteiger partial charge in [0.1, 0.15) is 5.69 Å². The Hall–Kier alpha value is -1.69. The van der Waals surface area contributed by atoms with Crippen LogP contribution in [0.25, 0.3) is 0 Å². The van der Waals surface area contributed by atoms with Gasteiger partial charge in [0.15, 0.2) is 11.4 Å². The SMILES string of the molecule is CN1CCC2(CC1)OC(=O)Nc1nccnc12. The quantitative estimate of drug-likeness (QED) is 0.724. The van der Waals surface area contributed by atoms with Gasteiger partial charge in [0.2, 0.25) is 0 Å². The molecule has 1 N–H and O–H groups in total. The fourth-order valence-electron chi connectivity index (χ4n) is 2.43. The normalized spacial score (nSPS) is 22.8. The highest BCUT2D eigenvalue weighted by atomic mass is 16.6. The summed E-state index contributed by atoms with van der Waals surface area (Å²) in [5, 5.41) is 2.59. The van der Waals surface area contributed by atoms with Crippen molar-refractivity contribution in [3.05, 3.63) is 18.1 Å². The van der Waals surface area contributed by atoms with Crippen LogP contribution >= 0.6 is 0 Å². The van der Waals surface area contributed by atoms with E-state index in [1.54, 1.807) is 12.4 Å². The molecule has 0 saturated carbocycles. The van der Waals surface area contributed by atoms with Crippen molar-refractivity contribution in [3.63, 3.8) is 0 Å². The van der Waals surface area contributed by atoms with Gasteiger partial charge < -0.3 is 9.64 Å². The number of anilines is 1. The van der Waals surface area contributed by atoms with Gasteiger partial charge in [0.05, 0.1) is 0 Å². The van der Waals surface area contributed by atoms with Crippen LogP contribution in [0.1, 0.15) is 18.5 Å². The molecule has 0 aromatic carbocycles. The first-order valence-corrected chi connectivity index (χ1v) is 5.70. The number of nitrogens with zero attached hydrogens (tertiary/aromatic N) is 3. The van der Waals surface area contributed by atoms with Gasteiger partial charge in [-0.25, -0.2) is 9.78 Å². The Morgan fingerprint density at radius 2 is 2.06 bits per heavy atom. The zero-order valence-electron chi connectivity index (χ0n) is 9.64. The highest BCUT2D eigenvalue weighted by Gasteiger charge is 2.45. The average Bonchev–Trinajstić information content (AvgIpc) is 2.33. The summed E-state index contributed by atoms with van der Waals surface area (Å²) in [6, 6.07) is 0. The molecule has 1 aromatic rings. The number of hydrogen-bond donors (Lipinski definition) is 1. The van der Waals surface area contributed by atoms with Crippen LogP contribution in [0.15, 0.2) is 12.4 Å². The zero-order chi connectivity index (χ0) is 11.9. The van der Waals surface area contributed by atoms with Crippen LogP contribution in [-0.2, 0) is 10.3 Å². The monoisotopic (exact) mass is 234 g/mol. The lowest BCUT2D eigenvalue weighted by atomic mass is 9.87. The lowest BCUT2D eigenvalue weighted by Crippen LogP contribution is -2.48.